The first-order valence-electron chi connectivity index (χ1n) is 7.34. The third-order valence-corrected chi connectivity index (χ3v) is 4.83. The molecule has 5 nitrogen and oxygen atoms in total. The van der Waals surface area contributed by atoms with Crippen molar-refractivity contribution in [3.05, 3.63) is 0 Å². The van der Waals surface area contributed by atoms with Crippen molar-refractivity contribution < 1.29 is 9.53 Å². The fraction of sp³-hybridized carbons (Fsp3) is 0.929. The summed E-state index contributed by atoms with van der Waals surface area (Å²) in [7, 11) is 3.60. The van der Waals surface area contributed by atoms with Gasteiger partial charge in [-0.15, -0.1) is 0 Å². The van der Waals surface area contributed by atoms with Crippen LogP contribution in [0, 0.1) is 5.92 Å². The Labute approximate surface area is 116 Å². The highest BCUT2D eigenvalue weighted by Crippen LogP contribution is 2.37. The molecule has 1 aliphatic carbocycles. The van der Waals surface area contributed by atoms with Gasteiger partial charge in [0.15, 0.2) is 0 Å². The van der Waals surface area contributed by atoms with Crippen LogP contribution in [-0.2, 0) is 9.53 Å². The van der Waals surface area contributed by atoms with E-state index in [1.54, 1.807) is 0 Å². The molecule has 0 aromatic rings. The first-order valence-corrected chi connectivity index (χ1v) is 7.34. The van der Waals surface area contributed by atoms with Crippen LogP contribution in [0.25, 0.3) is 0 Å². The van der Waals surface area contributed by atoms with E-state index in [-0.39, 0.29) is 11.9 Å². The van der Waals surface area contributed by atoms with Crippen LogP contribution in [-0.4, -0.2) is 68.2 Å². The highest BCUT2D eigenvalue weighted by Gasteiger charge is 2.46. The molecule has 0 aromatic carbocycles. The van der Waals surface area contributed by atoms with Crippen LogP contribution in [0.5, 0.6) is 0 Å². The smallest absolute Gasteiger partial charge is 0.326 e. The number of hydrogen-bond acceptors (Lipinski definition) is 5. The number of methoxy groups -OCH3 is 1. The molecule has 0 spiro atoms. The predicted octanol–water partition coefficient (Wildman–Crippen LogP) is 0.295. The molecule has 0 amide bonds. The van der Waals surface area contributed by atoms with Crippen LogP contribution in [0.4, 0.5) is 0 Å². The van der Waals surface area contributed by atoms with E-state index < -0.39 is 5.54 Å². The second-order valence-electron chi connectivity index (χ2n) is 6.05. The summed E-state index contributed by atoms with van der Waals surface area (Å²) in [5.74, 6) is 0.0491. The van der Waals surface area contributed by atoms with Crippen molar-refractivity contribution in [3.8, 4) is 0 Å². The van der Waals surface area contributed by atoms with Gasteiger partial charge in [0.25, 0.3) is 0 Å². The molecule has 1 saturated heterocycles. The molecule has 0 bridgehead atoms. The van der Waals surface area contributed by atoms with Crippen molar-refractivity contribution in [1.82, 2.24) is 9.80 Å². The Morgan fingerprint density at radius 3 is 2.68 bits per heavy atom. The van der Waals surface area contributed by atoms with E-state index in [0.29, 0.717) is 0 Å². The van der Waals surface area contributed by atoms with Crippen molar-refractivity contribution in [2.75, 3.05) is 46.9 Å². The zero-order valence-corrected chi connectivity index (χ0v) is 12.2. The van der Waals surface area contributed by atoms with Crippen LogP contribution in [0.1, 0.15) is 25.7 Å². The van der Waals surface area contributed by atoms with Gasteiger partial charge in [0.05, 0.1) is 7.11 Å². The summed E-state index contributed by atoms with van der Waals surface area (Å²) in [4.78, 5) is 16.7. The molecular formula is C14H27N3O2. The summed E-state index contributed by atoms with van der Waals surface area (Å²) in [5.41, 5.74) is 5.56. The molecule has 2 rings (SSSR count). The highest BCUT2D eigenvalue weighted by atomic mass is 16.5. The van der Waals surface area contributed by atoms with Crippen LogP contribution >= 0.6 is 0 Å². The fourth-order valence-electron chi connectivity index (χ4n) is 3.37. The number of piperazine rings is 1. The second-order valence-corrected chi connectivity index (χ2v) is 6.05. The maximum Gasteiger partial charge on any atom is 0.326 e. The van der Waals surface area contributed by atoms with E-state index in [2.05, 4.69) is 16.8 Å². The third-order valence-electron chi connectivity index (χ3n) is 4.83. The number of rotatable bonds is 4. The summed E-state index contributed by atoms with van der Waals surface area (Å²) in [6.45, 7) is 5.57. The minimum absolute atomic E-state index is 0.228. The van der Waals surface area contributed by atoms with E-state index in [4.69, 9.17) is 10.5 Å². The zero-order valence-electron chi connectivity index (χ0n) is 12.2. The van der Waals surface area contributed by atoms with E-state index in [1.807, 2.05) is 0 Å². The lowest BCUT2D eigenvalue weighted by atomic mass is 9.85. The molecule has 1 heterocycles. The van der Waals surface area contributed by atoms with Crippen molar-refractivity contribution in [1.29, 1.82) is 0 Å². The first kappa shape index (κ1) is 14.8. The summed E-state index contributed by atoms with van der Waals surface area (Å²) in [5, 5.41) is 0. The standard InChI is InChI=1S/C14H27N3O2/c1-16-8-10-17(11-9-16)7-5-12-4-3-6-14(12,15)13(18)19-2/h12H,3-11,15H2,1-2H3. The Hall–Kier alpha value is -0.650. The number of nitrogens with two attached hydrogens (primary N) is 1. The quantitative estimate of drug-likeness (QED) is 0.744. The van der Waals surface area contributed by atoms with Gasteiger partial charge in [-0.2, -0.15) is 0 Å². The van der Waals surface area contributed by atoms with Crippen molar-refractivity contribution in [3.63, 3.8) is 0 Å². The highest BCUT2D eigenvalue weighted by molar-refractivity contribution is 5.81. The summed E-state index contributed by atoms with van der Waals surface area (Å²) >= 11 is 0. The molecule has 110 valence electrons. The summed E-state index contributed by atoms with van der Waals surface area (Å²) < 4.78 is 4.89. The van der Waals surface area contributed by atoms with Gasteiger partial charge in [0.1, 0.15) is 5.54 Å². The third kappa shape index (κ3) is 3.27. The van der Waals surface area contributed by atoms with Crippen LogP contribution < -0.4 is 5.73 Å². The summed E-state index contributed by atoms with van der Waals surface area (Å²) in [6.07, 6.45) is 3.88. The minimum Gasteiger partial charge on any atom is -0.468 e. The first-order chi connectivity index (χ1) is 9.06. The Balaban J connectivity index is 1.83. The molecule has 19 heavy (non-hydrogen) atoms. The van der Waals surface area contributed by atoms with E-state index >= 15 is 0 Å². The Kier molecular flexibility index (Phi) is 4.81. The second kappa shape index (κ2) is 6.20. The molecule has 2 unspecified atom stereocenters. The van der Waals surface area contributed by atoms with Gasteiger partial charge in [-0.3, -0.25) is 4.79 Å². The van der Waals surface area contributed by atoms with Gasteiger partial charge in [0.2, 0.25) is 0 Å². The molecule has 2 aliphatic rings. The Bertz CT molecular complexity index is 316. The lowest BCUT2D eigenvalue weighted by molar-refractivity contribution is -0.148. The van der Waals surface area contributed by atoms with Gasteiger partial charge >= 0.3 is 5.97 Å². The number of hydrogen-bond donors (Lipinski definition) is 1. The Morgan fingerprint density at radius 1 is 1.37 bits per heavy atom. The van der Waals surface area contributed by atoms with Gasteiger partial charge < -0.3 is 20.3 Å². The summed E-state index contributed by atoms with van der Waals surface area (Å²) in [6, 6.07) is 0. The number of ether oxygens (including phenoxy) is 1. The van der Waals surface area contributed by atoms with Crippen molar-refractivity contribution >= 4 is 5.97 Å². The lowest BCUT2D eigenvalue weighted by Crippen LogP contribution is -2.52. The number of nitrogens with zero attached hydrogens (tertiary/aromatic N) is 2. The van der Waals surface area contributed by atoms with Gasteiger partial charge in [0, 0.05) is 26.2 Å². The monoisotopic (exact) mass is 269 g/mol. The average molecular weight is 269 g/mol. The Morgan fingerprint density at radius 2 is 2.05 bits per heavy atom. The molecule has 2 N–H and O–H groups in total. The van der Waals surface area contributed by atoms with Gasteiger partial charge in [-0.25, -0.2) is 0 Å². The molecular weight excluding hydrogens is 242 g/mol. The van der Waals surface area contributed by atoms with Crippen LogP contribution in [0.2, 0.25) is 0 Å². The number of carbonyl (C=O) groups is 1. The number of likely N-dealkylation sites (N-methyl/N-ethyl adjacent to an activating group) is 1. The zero-order chi connectivity index (χ0) is 13.9. The molecule has 1 aliphatic heterocycles. The van der Waals surface area contributed by atoms with E-state index in [1.165, 1.54) is 7.11 Å². The van der Waals surface area contributed by atoms with Crippen molar-refractivity contribution in [2.24, 2.45) is 11.7 Å². The van der Waals surface area contributed by atoms with Gasteiger partial charge in [-0.05, 0) is 38.8 Å². The molecule has 1 saturated carbocycles. The molecule has 5 heteroatoms. The topological polar surface area (TPSA) is 58.8 Å². The minimum atomic E-state index is -0.735. The van der Waals surface area contributed by atoms with E-state index in [9.17, 15) is 4.79 Å². The number of carbonyl (C=O) groups excluding carboxylic acids is 1. The SMILES string of the molecule is COC(=O)C1(N)CCCC1CCN1CCN(C)CC1. The maximum atomic E-state index is 11.9. The van der Waals surface area contributed by atoms with Crippen LogP contribution in [0.3, 0.4) is 0 Å². The fourth-order valence-corrected chi connectivity index (χ4v) is 3.37. The number of esters is 1. The average Bonchev–Trinajstić information content (AvgIpc) is 2.80. The largest absolute Gasteiger partial charge is 0.468 e. The molecule has 0 radical (unpaired) electrons. The molecule has 0 aromatic heterocycles. The molecule has 2 atom stereocenters. The maximum absolute atomic E-state index is 11.9. The predicted molar refractivity (Wildman–Crippen MR) is 74.8 cm³/mol. The van der Waals surface area contributed by atoms with E-state index in [0.717, 1.165) is 58.4 Å². The van der Waals surface area contributed by atoms with Gasteiger partial charge in [-0.1, -0.05) is 6.42 Å². The van der Waals surface area contributed by atoms with Crippen LogP contribution in [0.15, 0.2) is 0 Å². The van der Waals surface area contributed by atoms with Crippen molar-refractivity contribution in [2.45, 2.75) is 31.2 Å². The normalized spacial score (nSPS) is 33.5. The molecule has 2 fully saturated rings. The lowest BCUT2D eigenvalue weighted by Gasteiger charge is -2.34.